The van der Waals surface area contributed by atoms with E-state index in [9.17, 15) is 14.7 Å². The molecule has 0 unspecified atom stereocenters. The molecule has 2 aromatic carbocycles. The molecule has 2 aliphatic rings. The minimum absolute atomic E-state index is 0.0873. The molecule has 0 spiro atoms. The minimum Gasteiger partial charge on any atom is -0.497 e. The smallest absolute Gasteiger partial charge is 0.410 e. The van der Waals surface area contributed by atoms with Gasteiger partial charge in [0.05, 0.1) is 31.4 Å². The fraction of sp³-hybridized carbons (Fsp3) is 0.484. The highest BCUT2D eigenvalue weighted by Crippen LogP contribution is 2.40. The van der Waals surface area contributed by atoms with Gasteiger partial charge in [0.15, 0.2) is 0 Å². The second-order valence-electron chi connectivity index (χ2n) is 11.7. The average Bonchev–Trinajstić information content (AvgIpc) is 3.70. The molecule has 3 aromatic rings. The van der Waals surface area contributed by atoms with Crippen molar-refractivity contribution in [3.8, 4) is 23.0 Å². The summed E-state index contributed by atoms with van der Waals surface area (Å²) in [5.41, 5.74) is 2.16. The Morgan fingerprint density at radius 3 is 2.62 bits per heavy atom. The van der Waals surface area contributed by atoms with Gasteiger partial charge < -0.3 is 29.1 Å². The van der Waals surface area contributed by atoms with Crippen LogP contribution >= 0.6 is 0 Å². The molecule has 11 nitrogen and oxygen atoms in total. The molecule has 0 radical (unpaired) electrons. The molecular weight excluding hydrogens is 540 g/mol. The zero-order valence-corrected chi connectivity index (χ0v) is 24.7. The second kappa shape index (κ2) is 12.0. The lowest BCUT2D eigenvalue weighted by Gasteiger charge is -2.40. The maximum Gasteiger partial charge on any atom is 0.410 e. The Morgan fingerprint density at radius 1 is 1.14 bits per heavy atom. The number of nitrogens with one attached hydrogen (secondary N) is 1. The molecule has 1 saturated carbocycles. The van der Waals surface area contributed by atoms with Gasteiger partial charge in [-0.3, -0.25) is 9.69 Å². The first-order valence-electron chi connectivity index (χ1n) is 14.3. The molecule has 0 saturated heterocycles. The molecule has 0 bridgehead atoms. The van der Waals surface area contributed by atoms with Crippen LogP contribution < -0.4 is 14.8 Å². The third-order valence-electron chi connectivity index (χ3n) is 7.27. The highest BCUT2D eigenvalue weighted by Gasteiger charge is 2.37. The first kappa shape index (κ1) is 29.4. The Hall–Kier alpha value is -4.12. The molecule has 1 fully saturated rings. The van der Waals surface area contributed by atoms with E-state index in [-0.39, 0.29) is 13.1 Å². The van der Waals surface area contributed by atoms with Crippen molar-refractivity contribution in [3.63, 3.8) is 0 Å². The van der Waals surface area contributed by atoms with Crippen LogP contribution in [0.4, 0.5) is 4.79 Å². The minimum atomic E-state index is -1.06. The van der Waals surface area contributed by atoms with Crippen molar-refractivity contribution in [1.82, 2.24) is 20.4 Å². The lowest BCUT2D eigenvalue weighted by Crippen LogP contribution is -2.54. The van der Waals surface area contributed by atoms with Gasteiger partial charge >= 0.3 is 6.09 Å². The third-order valence-corrected chi connectivity index (χ3v) is 7.27. The summed E-state index contributed by atoms with van der Waals surface area (Å²) in [6.45, 7) is 7.72. The zero-order chi connectivity index (χ0) is 30.0. The Balaban J connectivity index is 1.31. The molecule has 42 heavy (non-hydrogen) atoms. The standard InChI is InChI=1S/C31H38N4O7/c1-6-40-26-15-20(29-34-33-28(41-29)18-7-8-18)10-12-23(26)27(37)32-16-25(36)24-14-19-9-11-22(39-5)13-21(19)17-35(24)30(38)42-31(2,3)4/h9-13,15,18,24-25,36H,6-8,14,16-17H2,1-5H3,(H,32,37)/t24-,25+/m0/s1. The van der Waals surface area contributed by atoms with E-state index in [1.165, 1.54) is 4.90 Å². The number of rotatable bonds is 9. The van der Waals surface area contributed by atoms with Crippen LogP contribution in [0.25, 0.3) is 11.5 Å². The summed E-state index contributed by atoms with van der Waals surface area (Å²) in [4.78, 5) is 28.0. The van der Waals surface area contributed by atoms with E-state index in [0.29, 0.717) is 53.4 Å². The van der Waals surface area contributed by atoms with Crippen LogP contribution in [0.1, 0.15) is 73.8 Å². The van der Waals surface area contributed by atoms with Gasteiger partial charge in [0, 0.05) is 24.6 Å². The number of methoxy groups -OCH3 is 1. The summed E-state index contributed by atoms with van der Waals surface area (Å²) < 4.78 is 22.6. The third kappa shape index (κ3) is 6.67. The number of carbonyl (C=O) groups excluding carboxylic acids is 2. The van der Waals surface area contributed by atoms with Crippen LogP contribution in [0.15, 0.2) is 40.8 Å². The number of aliphatic hydroxyl groups is 1. The monoisotopic (exact) mass is 578 g/mol. The first-order chi connectivity index (χ1) is 20.1. The van der Waals surface area contributed by atoms with Crippen LogP contribution in [0.5, 0.6) is 11.5 Å². The number of fused-ring (bicyclic) bond motifs is 1. The number of hydrogen-bond acceptors (Lipinski definition) is 9. The SMILES string of the molecule is CCOc1cc(-c2nnc(C3CC3)o2)ccc1C(=O)NC[C@@H](O)[C@@H]1Cc2ccc(OC)cc2CN1C(=O)OC(C)(C)C. The number of benzene rings is 2. The fourth-order valence-electron chi connectivity index (χ4n) is 4.97. The van der Waals surface area contributed by atoms with E-state index >= 15 is 0 Å². The molecule has 1 aromatic heterocycles. The molecule has 224 valence electrons. The van der Waals surface area contributed by atoms with E-state index in [2.05, 4.69) is 15.5 Å². The number of carbonyl (C=O) groups is 2. The predicted octanol–water partition coefficient (Wildman–Crippen LogP) is 4.47. The number of hydrogen-bond donors (Lipinski definition) is 2. The number of amides is 2. The summed E-state index contributed by atoms with van der Waals surface area (Å²) >= 11 is 0. The van der Waals surface area contributed by atoms with Crippen molar-refractivity contribution in [3.05, 3.63) is 59.0 Å². The van der Waals surface area contributed by atoms with Crippen LogP contribution in [0.3, 0.4) is 0 Å². The van der Waals surface area contributed by atoms with E-state index in [1.807, 2.05) is 25.1 Å². The van der Waals surface area contributed by atoms with Crippen molar-refractivity contribution < 1.29 is 33.3 Å². The first-order valence-corrected chi connectivity index (χ1v) is 14.3. The van der Waals surface area contributed by atoms with Gasteiger partial charge in [0.1, 0.15) is 17.1 Å². The summed E-state index contributed by atoms with van der Waals surface area (Å²) in [5, 5.41) is 22.4. The number of aromatic nitrogens is 2. The predicted molar refractivity (Wildman–Crippen MR) is 153 cm³/mol. The molecule has 5 rings (SSSR count). The van der Waals surface area contributed by atoms with Gasteiger partial charge in [0.25, 0.3) is 5.91 Å². The van der Waals surface area contributed by atoms with Crippen molar-refractivity contribution in [2.24, 2.45) is 0 Å². The summed E-state index contributed by atoms with van der Waals surface area (Å²) in [5.74, 6) is 1.96. The van der Waals surface area contributed by atoms with E-state index in [0.717, 1.165) is 24.0 Å². The molecule has 2 heterocycles. The second-order valence-corrected chi connectivity index (χ2v) is 11.7. The summed E-state index contributed by atoms with van der Waals surface area (Å²) in [6.07, 6.45) is 0.891. The van der Waals surface area contributed by atoms with E-state index < -0.39 is 29.7 Å². The van der Waals surface area contributed by atoms with Crippen molar-refractivity contribution >= 4 is 12.0 Å². The van der Waals surface area contributed by atoms with Crippen LogP contribution in [-0.2, 0) is 17.7 Å². The molecule has 2 amide bonds. The number of nitrogens with zero attached hydrogens (tertiary/aromatic N) is 3. The Bertz CT molecular complexity index is 1440. The highest BCUT2D eigenvalue weighted by atomic mass is 16.6. The van der Waals surface area contributed by atoms with Crippen molar-refractivity contribution in [2.45, 2.75) is 77.2 Å². The largest absolute Gasteiger partial charge is 0.497 e. The Labute approximate surface area is 245 Å². The highest BCUT2D eigenvalue weighted by molar-refractivity contribution is 5.97. The summed E-state index contributed by atoms with van der Waals surface area (Å²) in [6, 6.07) is 10.1. The molecule has 1 aliphatic carbocycles. The molecule has 1 aliphatic heterocycles. The van der Waals surface area contributed by atoms with E-state index in [1.54, 1.807) is 46.1 Å². The molecule has 11 heteroatoms. The van der Waals surface area contributed by atoms with Gasteiger partial charge in [-0.25, -0.2) is 4.79 Å². The zero-order valence-electron chi connectivity index (χ0n) is 24.7. The number of aliphatic hydroxyl groups excluding tert-OH is 1. The van der Waals surface area contributed by atoms with Gasteiger partial charge in [-0.1, -0.05) is 6.07 Å². The quantitative estimate of drug-likeness (QED) is 0.377. The Morgan fingerprint density at radius 2 is 1.93 bits per heavy atom. The maximum atomic E-state index is 13.3. The van der Waals surface area contributed by atoms with Crippen LogP contribution in [0.2, 0.25) is 0 Å². The van der Waals surface area contributed by atoms with Gasteiger partial charge in [-0.15, -0.1) is 10.2 Å². The van der Waals surface area contributed by atoms with Crippen molar-refractivity contribution in [1.29, 1.82) is 0 Å². The lowest BCUT2D eigenvalue weighted by molar-refractivity contribution is -0.0113. The van der Waals surface area contributed by atoms with Crippen LogP contribution in [0, 0.1) is 0 Å². The Kier molecular flexibility index (Phi) is 8.40. The maximum absolute atomic E-state index is 13.3. The lowest BCUT2D eigenvalue weighted by atomic mass is 9.91. The van der Waals surface area contributed by atoms with Gasteiger partial charge in [-0.05, 0) is 88.4 Å². The normalized spacial score (nSPS) is 17.3. The van der Waals surface area contributed by atoms with Crippen LogP contribution in [-0.4, -0.2) is 70.2 Å². The van der Waals surface area contributed by atoms with Gasteiger partial charge in [0.2, 0.25) is 11.8 Å². The topological polar surface area (TPSA) is 136 Å². The molecule has 2 atom stereocenters. The molecular formula is C31H38N4O7. The molecule has 2 N–H and O–H groups in total. The average molecular weight is 579 g/mol. The van der Waals surface area contributed by atoms with E-state index in [4.69, 9.17) is 18.6 Å². The number of ether oxygens (including phenoxy) is 3. The fourth-order valence-corrected chi connectivity index (χ4v) is 4.97. The van der Waals surface area contributed by atoms with Gasteiger partial charge in [-0.2, -0.15) is 0 Å². The van der Waals surface area contributed by atoms with Crippen molar-refractivity contribution in [2.75, 3.05) is 20.3 Å². The summed E-state index contributed by atoms with van der Waals surface area (Å²) in [7, 11) is 1.59.